The molecule has 3 aromatic rings. The fourth-order valence-electron chi connectivity index (χ4n) is 2.98. The van der Waals surface area contributed by atoms with Crippen molar-refractivity contribution >= 4 is 11.0 Å². The third-order valence-corrected chi connectivity index (χ3v) is 4.53. The zero-order chi connectivity index (χ0) is 20.9. The maximum absolute atomic E-state index is 6.03. The highest BCUT2D eigenvalue weighted by atomic mass is 16.5. The van der Waals surface area contributed by atoms with Gasteiger partial charge in [-0.15, -0.1) is 12.3 Å². The van der Waals surface area contributed by atoms with Crippen molar-refractivity contribution in [2.24, 2.45) is 0 Å². The van der Waals surface area contributed by atoms with Crippen LogP contribution in [0.2, 0.25) is 0 Å². The summed E-state index contributed by atoms with van der Waals surface area (Å²) in [5.74, 6) is 3.43. The lowest BCUT2D eigenvalue weighted by molar-refractivity contribution is 0.0161. The number of nitrogens with one attached hydrogen (secondary N) is 1. The zero-order valence-electron chi connectivity index (χ0n) is 17.3. The molecule has 5 nitrogen and oxygen atoms in total. The average Bonchev–Trinajstić information content (AvgIpc) is 3.21. The lowest BCUT2D eigenvalue weighted by atomic mass is 10.1. The van der Waals surface area contributed by atoms with Crippen molar-refractivity contribution in [1.29, 1.82) is 0 Å². The van der Waals surface area contributed by atoms with Crippen molar-refractivity contribution in [2.45, 2.75) is 13.0 Å². The van der Waals surface area contributed by atoms with Crippen LogP contribution in [0.4, 0.5) is 0 Å². The van der Waals surface area contributed by atoms with Crippen molar-refractivity contribution in [3.63, 3.8) is 0 Å². The van der Waals surface area contributed by atoms with Crippen molar-refractivity contribution in [3.8, 4) is 23.7 Å². The molecule has 0 aliphatic heterocycles. The van der Waals surface area contributed by atoms with E-state index in [-0.39, 0.29) is 0 Å². The summed E-state index contributed by atoms with van der Waals surface area (Å²) in [7, 11) is 0. The van der Waals surface area contributed by atoms with E-state index in [4.69, 9.17) is 25.1 Å². The maximum Gasteiger partial charge on any atom is 0.135 e. The molecule has 0 amide bonds. The van der Waals surface area contributed by atoms with Gasteiger partial charge in [0.2, 0.25) is 0 Å². The highest BCUT2D eigenvalue weighted by Crippen LogP contribution is 2.28. The Morgan fingerprint density at radius 1 is 0.833 bits per heavy atom. The van der Waals surface area contributed by atoms with Crippen molar-refractivity contribution in [2.75, 3.05) is 46.2 Å². The summed E-state index contributed by atoms with van der Waals surface area (Å²) < 4.78 is 22.3. The van der Waals surface area contributed by atoms with Gasteiger partial charge in [0.25, 0.3) is 0 Å². The Hall–Kier alpha value is -2.62. The number of terminal acetylenes is 1. The molecular weight excluding hydrogens is 378 g/mol. The van der Waals surface area contributed by atoms with E-state index in [0.717, 1.165) is 35.4 Å². The van der Waals surface area contributed by atoms with Gasteiger partial charge in [0.05, 0.1) is 39.6 Å². The third kappa shape index (κ3) is 7.33. The first-order valence-electron chi connectivity index (χ1n) is 10.3. The lowest BCUT2D eigenvalue weighted by Crippen LogP contribution is -2.20. The van der Waals surface area contributed by atoms with E-state index < -0.39 is 0 Å². The molecule has 1 aromatic heterocycles. The minimum absolute atomic E-state index is 0.563. The van der Waals surface area contributed by atoms with E-state index in [1.54, 1.807) is 0 Å². The molecule has 5 heteroatoms. The molecule has 0 unspecified atom stereocenters. The summed E-state index contributed by atoms with van der Waals surface area (Å²) in [5, 5.41) is 4.51. The fraction of sp³-hybridized carbons (Fsp3) is 0.360. The van der Waals surface area contributed by atoms with E-state index in [2.05, 4.69) is 47.6 Å². The molecule has 0 aliphatic rings. The normalized spacial score (nSPS) is 11.0. The molecule has 1 heterocycles. The Bertz CT molecular complexity index is 914. The minimum Gasteiger partial charge on any atom is -0.456 e. The van der Waals surface area contributed by atoms with Crippen LogP contribution in [0, 0.1) is 12.3 Å². The summed E-state index contributed by atoms with van der Waals surface area (Å²) in [6.45, 7) is 5.05. The quantitative estimate of drug-likeness (QED) is 0.320. The topological polar surface area (TPSA) is 52.9 Å². The Labute approximate surface area is 178 Å². The smallest absolute Gasteiger partial charge is 0.135 e. The lowest BCUT2D eigenvalue weighted by Gasteiger charge is -2.07. The molecule has 1 N–H and O–H groups in total. The number of hydrogen-bond donors (Lipinski definition) is 1. The molecule has 30 heavy (non-hydrogen) atoms. The average molecular weight is 408 g/mol. The van der Waals surface area contributed by atoms with Gasteiger partial charge in [-0.3, -0.25) is 0 Å². The van der Waals surface area contributed by atoms with Gasteiger partial charge in [0.15, 0.2) is 0 Å². The maximum atomic E-state index is 6.03. The van der Waals surface area contributed by atoms with Crippen molar-refractivity contribution < 1.29 is 18.6 Å². The Kier molecular flexibility index (Phi) is 9.45. The first-order chi connectivity index (χ1) is 14.9. The van der Waals surface area contributed by atoms with Crippen LogP contribution in [0.25, 0.3) is 22.3 Å². The molecule has 0 spiro atoms. The van der Waals surface area contributed by atoms with Crippen LogP contribution in [-0.2, 0) is 20.8 Å². The monoisotopic (exact) mass is 407 g/mol. The van der Waals surface area contributed by atoms with Crippen LogP contribution in [-0.4, -0.2) is 46.2 Å². The number of rotatable bonds is 14. The standard InChI is InChI=1S/C25H29NO4/c1-2-3-12-27-14-16-29-17-15-28-13-11-26-20-21-9-10-23-19-25(30-24(23)18-21)22-7-5-4-6-8-22/h1,4-10,18-19,26H,3,11-17,20H2. The second-order valence-electron chi connectivity index (χ2n) is 6.82. The highest BCUT2D eigenvalue weighted by Gasteiger charge is 2.06. The van der Waals surface area contributed by atoms with Gasteiger partial charge in [-0.1, -0.05) is 42.5 Å². The van der Waals surface area contributed by atoms with E-state index in [9.17, 15) is 0 Å². The zero-order valence-corrected chi connectivity index (χ0v) is 17.3. The Balaban J connectivity index is 1.28. The summed E-state index contributed by atoms with van der Waals surface area (Å²) >= 11 is 0. The molecular formula is C25H29NO4. The number of ether oxygens (including phenoxy) is 3. The van der Waals surface area contributed by atoms with Gasteiger partial charge in [0, 0.05) is 30.5 Å². The van der Waals surface area contributed by atoms with E-state index in [1.165, 1.54) is 5.56 Å². The third-order valence-electron chi connectivity index (χ3n) is 4.53. The molecule has 3 rings (SSSR count). The molecule has 158 valence electrons. The van der Waals surface area contributed by atoms with Crippen LogP contribution in [0.3, 0.4) is 0 Å². The molecule has 0 fully saturated rings. The molecule has 0 saturated heterocycles. The van der Waals surface area contributed by atoms with Crippen LogP contribution < -0.4 is 5.32 Å². The summed E-state index contributed by atoms with van der Waals surface area (Å²) in [4.78, 5) is 0. The van der Waals surface area contributed by atoms with Crippen LogP contribution in [0.1, 0.15) is 12.0 Å². The number of furan rings is 1. The second-order valence-corrected chi connectivity index (χ2v) is 6.82. The van der Waals surface area contributed by atoms with Crippen molar-refractivity contribution in [1.82, 2.24) is 5.32 Å². The number of fused-ring (bicyclic) bond motifs is 1. The molecule has 0 saturated carbocycles. The Morgan fingerprint density at radius 2 is 1.57 bits per heavy atom. The fourth-order valence-corrected chi connectivity index (χ4v) is 2.98. The predicted molar refractivity (Wildman–Crippen MR) is 119 cm³/mol. The van der Waals surface area contributed by atoms with Gasteiger partial charge in [-0.2, -0.15) is 0 Å². The minimum atomic E-state index is 0.563. The van der Waals surface area contributed by atoms with Gasteiger partial charge < -0.3 is 23.9 Å². The van der Waals surface area contributed by atoms with Gasteiger partial charge in [-0.05, 0) is 17.7 Å². The van der Waals surface area contributed by atoms with E-state index in [1.807, 2.05) is 18.2 Å². The SMILES string of the molecule is C#CCCOCCOCCOCCNCc1ccc2cc(-c3ccccc3)oc2c1. The first-order valence-corrected chi connectivity index (χ1v) is 10.3. The van der Waals surface area contributed by atoms with E-state index >= 15 is 0 Å². The molecule has 0 bridgehead atoms. The molecule has 2 aromatic carbocycles. The van der Waals surface area contributed by atoms with E-state index in [0.29, 0.717) is 46.1 Å². The molecule has 0 atom stereocenters. The van der Waals surface area contributed by atoms with Gasteiger partial charge in [0.1, 0.15) is 11.3 Å². The first kappa shape index (κ1) is 22.1. The largest absolute Gasteiger partial charge is 0.456 e. The van der Waals surface area contributed by atoms with Gasteiger partial charge in [-0.25, -0.2) is 0 Å². The molecule has 0 radical (unpaired) electrons. The number of hydrogen-bond acceptors (Lipinski definition) is 5. The Morgan fingerprint density at radius 3 is 2.33 bits per heavy atom. The van der Waals surface area contributed by atoms with Crippen LogP contribution in [0.5, 0.6) is 0 Å². The highest BCUT2D eigenvalue weighted by molar-refractivity contribution is 5.83. The molecule has 0 aliphatic carbocycles. The van der Waals surface area contributed by atoms with Crippen LogP contribution in [0.15, 0.2) is 59.0 Å². The number of benzene rings is 2. The summed E-state index contributed by atoms with van der Waals surface area (Å²) in [6.07, 6.45) is 5.79. The van der Waals surface area contributed by atoms with Crippen molar-refractivity contribution in [3.05, 3.63) is 60.2 Å². The summed E-state index contributed by atoms with van der Waals surface area (Å²) in [6, 6.07) is 18.6. The van der Waals surface area contributed by atoms with Gasteiger partial charge >= 0.3 is 0 Å². The second kappa shape index (κ2) is 12.8. The summed E-state index contributed by atoms with van der Waals surface area (Å²) in [5.41, 5.74) is 3.18. The predicted octanol–water partition coefficient (Wildman–Crippen LogP) is 4.26. The van der Waals surface area contributed by atoms with Crippen LogP contribution >= 0.6 is 0 Å².